The predicted molar refractivity (Wildman–Crippen MR) is 58.4 cm³/mol. The van der Waals surface area contributed by atoms with Crippen LogP contribution in [0.5, 0.6) is 0 Å². The minimum atomic E-state index is -1.16. The summed E-state index contributed by atoms with van der Waals surface area (Å²) in [4.78, 5) is 10.00. The SMILES string of the molecule is N#CC(NC(=O)C(Cl)Cl)c1ccccc1. The van der Waals surface area contributed by atoms with Crippen molar-refractivity contribution in [3.63, 3.8) is 0 Å². The molecule has 1 atom stereocenters. The maximum absolute atomic E-state index is 11.2. The summed E-state index contributed by atoms with van der Waals surface area (Å²) in [6.45, 7) is 0. The highest BCUT2D eigenvalue weighted by molar-refractivity contribution is 6.53. The first-order valence-corrected chi connectivity index (χ1v) is 5.05. The third-order valence-electron chi connectivity index (χ3n) is 1.75. The van der Waals surface area contributed by atoms with Gasteiger partial charge in [0, 0.05) is 0 Å². The Balaban J connectivity index is 2.75. The van der Waals surface area contributed by atoms with E-state index in [1.807, 2.05) is 12.1 Å². The first-order valence-electron chi connectivity index (χ1n) is 4.18. The molecule has 1 aromatic rings. The van der Waals surface area contributed by atoms with Crippen LogP contribution in [0.25, 0.3) is 0 Å². The van der Waals surface area contributed by atoms with E-state index in [2.05, 4.69) is 5.32 Å². The van der Waals surface area contributed by atoms with Crippen molar-refractivity contribution in [1.82, 2.24) is 5.32 Å². The Morgan fingerprint density at radius 2 is 1.93 bits per heavy atom. The van der Waals surface area contributed by atoms with Crippen LogP contribution in [0.1, 0.15) is 11.6 Å². The van der Waals surface area contributed by atoms with Gasteiger partial charge in [0.2, 0.25) is 0 Å². The molecule has 1 N–H and O–H groups in total. The fourth-order valence-electron chi connectivity index (χ4n) is 1.04. The zero-order valence-corrected chi connectivity index (χ0v) is 9.16. The van der Waals surface area contributed by atoms with E-state index < -0.39 is 16.8 Å². The number of hydrogen-bond acceptors (Lipinski definition) is 2. The topological polar surface area (TPSA) is 52.9 Å². The van der Waals surface area contributed by atoms with Gasteiger partial charge in [-0.15, -0.1) is 0 Å². The summed E-state index contributed by atoms with van der Waals surface area (Å²) in [7, 11) is 0. The summed E-state index contributed by atoms with van der Waals surface area (Å²) in [5, 5.41) is 11.3. The first-order chi connectivity index (χ1) is 7.15. The molecule has 0 heterocycles. The quantitative estimate of drug-likeness (QED) is 0.827. The highest BCUT2D eigenvalue weighted by Gasteiger charge is 2.17. The van der Waals surface area contributed by atoms with Gasteiger partial charge in [0.05, 0.1) is 6.07 Å². The number of carbonyl (C=O) groups excluding carboxylic acids is 1. The molecule has 0 fully saturated rings. The molecular formula is C10H8Cl2N2O. The molecule has 15 heavy (non-hydrogen) atoms. The zero-order valence-electron chi connectivity index (χ0n) is 7.65. The molecular weight excluding hydrogens is 235 g/mol. The van der Waals surface area contributed by atoms with Crippen molar-refractivity contribution in [2.45, 2.75) is 10.9 Å². The molecule has 78 valence electrons. The van der Waals surface area contributed by atoms with E-state index in [0.717, 1.165) is 0 Å². The molecule has 0 radical (unpaired) electrons. The van der Waals surface area contributed by atoms with Crippen LogP contribution in [-0.4, -0.2) is 10.7 Å². The van der Waals surface area contributed by atoms with Gasteiger partial charge < -0.3 is 5.32 Å². The second-order valence-corrected chi connectivity index (χ2v) is 3.88. The number of halogens is 2. The van der Waals surface area contributed by atoms with E-state index in [1.54, 1.807) is 24.3 Å². The summed E-state index contributed by atoms with van der Waals surface area (Å²) in [6.07, 6.45) is 0. The van der Waals surface area contributed by atoms with Crippen LogP contribution in [0.4, 0.5) is 0 Å². The smallest absolute Gasteiger partial charge is 0.254 e. The Morgan fingerprint density at radius 1 is 1.33 bits per heavy atom. The van der Waals surface area contributed by atoms with Crippen molar-refractivity contribution in [2.24, 2.45) is 0 Å². The summed E-state index contributed by atoms with van der Waals surface area (Å²) in [5.74, 6) is -0.575. The number of rotatable bonds is 3. The lowest BCUT2D eigenvalue weighted by Gasteiger charge is -2.11. The van der Waals surface area contributed by atoms with Crippen LogP contribution in [0.15, 0.2) is 30.3 Å². The number of nitriles is 1. The molecule has 0 bridgehead atoms. The van der Waals surface area contributed by atoms with E-state index >= 15 is 0 Å². The second kappa shape index (κ2) is 5.59. The molecule has 0 aromatic heterocycles. The summed E-state index contributed by atoms with van der Waals surface area (Å²) in [5.41, 5.74) is 0.697. The van der Waals surface area contributed by atoms with Crippen LogP contribution in [0.2, 0.25) is 0 Å². The molecule has 3 nitrogen and oxygen atoms in total. The van der Waals surface area contributed by atoms with Gasteiger partial charge in [0.1, 0.15) is 6.04 Å². The average Bonchev–Trinajstić information content (AvgIpc) is 2.26. The summed E-state index contributed by atoms with van der Waals surface area (Å²) in [6, 6.07) is 10.1. The van der Waals surface area contributed by atoms with E-state index in [0.29, 0.717) is 5.56 Å². The minimum absolute atomic E-state index is 0.575. The van der Waals surface area contributed by atoms with Gasteiger partial charge in [-0.05, 0) is 5.56 Å². The molecule has 1 aromatic carbocycles. The number of nitrogens with one attached hydrogen (secondary N) is 1. The van der Waals surface area contributed by atoms with Crippen LogP contribution in [0, 0.1) is 11.3 Å². The average molecular weight is 243 g/mol. The standard InChI is InChI=1S/C10H8Cl2N2O/c11-9(12)10(15)14-8(6-13)7-4-2-1-3-5-7/h1-5,8-9H,(H,14,15). The fraction of sp³-hybridized carbons (Fsp3) is 0.200. The lowest BCUT2D eigenvalue weighted by molar-refractivity contribution is -0.119. The maximum Gasteiger partial charge on any atom is 0.254 e. The highest BCUT2D eigenvalue weighted by atomic mass is 35.5. The van der Waals surface area contributed by atoms with Crippen molar-refractivity contribution in [3.05, 3.63) is 35.9 Å². The molecule has 0 saturated heterocycles. The van der Waals surface area contributed by atoms with Crippen molar-refractivity contribution in [3.8, 4) is 6.07 Å². The largest absolute Gasteiger partial charge is 0.334 e. The van der Waals surface area contributed by atoms with Gasteiger partial charge in [-0.25, -0.2) is 0 Å². The second-order valence-electron chi connectivity index (χ2n) is 2.78. The number of nitrogens with zero attached hydrogens (tertiary/aromatic N) is 1. The number of benzene rings is 1. The molecule has 1 rings (SSSR count). The van der Waals surface area contributed by atoms with Crippen molar-refractivity contribution in [1.29, 1.82) is 5.26 Å². The van der Waals surface area contributed by atoms with Crippen LogP contribution >= 0.6 is 23.2 Å². The van der Waals surface area contributed by atoms with Gasteiger partial charge in [0.15, 0.2) is 4.84 Å². The molecule has 0 saturated carbocycles. The normalized spacial score (nSPS) is 11.9. The number of carbonyl (C=O) groups is 1. The Morgan fingerprint density at radius 3 is 2.40 bits per heavy atom. The molecule has 0 aliphatic rings. The van der Waals surface area contributed by atoms with Gasteiger partial charge >= 0.3 is 0 Å². The van der Waals surface area contributed by atoms with E-state index in [1.165, 1.54) is 0 Å². The van der Waals surface area contributed by atoms with Gasteiger partial charge in [0.25, 0.3) is 5.91 Å². The Hall–Kier alpha value is -1.24. The van der Waals surface area contributed by atoms with Gasteiger partial charge in [-0.2, -0.15) is 5.26 Å². The first kappa shape index (κ1) is 11.8. The van der Waals surface area contributed by atoms with Gasteiger partial charge in [-0.3, -0.25) is 4.79 Å². The van der Waals surface area contributed by atoms with Crippen LogP contribution < -0.4 is 5.32 Å². The third-order valence-corrected chi connectivity index (χ3v) is 2.14. The lowest BCUT2D eigenvalue weighted by atomic mass is 10.1. The fourth-order valence-corrected chi connectivity index (χ4v) is 1.17. The molecule has 0 spiro atoms. The van der Waals surface area contributed by atoms with Crippen LogP contribution in [0.3, 0.4) is 0 Å². The minimum Gasteiger partial charge on any atom is -0.334 e. The number of amides is 1. The van der Waals surface area contributed by atoms with Crippen molar-refractivity contribution < 1.29 is 4.79 Å². The maximum atomic E-state index is 11.2. The van der Waals surface area contributed by atoms with E-state index in [4.69, 9.17) is 28.5 Å². The Kier molecular flexibility index (Phi) is 4.41. The molecule has 5 heteroatoms. The van der Waals surface area contributed by atoms with Crippen LogP contribution in [-0.2, 0) is 4.79 Å². The summed E-state index contributed by atoms with van der Waals surface area (Å²) < 4.78 is 0. The number of hydrogen-bond donors (Lipinski definition) is 1. The Bertz CT molecular complexity index is 373. The molecule has 0 aliphatic heterocycles. The zero-order chi connectivity index (χ0) is 11.3. The van der Waals surface area contributed by atoms with Crippen molar-refractivity contribution in [2.75, 3.05) is 0 Å². The van der Waals surface area contributed by atoms with E-state index in [9.17, 15) is 4.79 Å². The highest BCUT2D eigenvalue weighted by Crippen LogP contribution is 2.12. The number of alkyl halides is 2. The summed E-state index contributed by atoms with van der Waals surface area (Å²) >= 11 is 10.7. The molecule has 1 unspecified atom stereocenters. The van der Waals surface area contributed by atoms with Crippen molar-refractivity contribution >= 4 is 29.1 Å². The lowest BCUT2D eigenvalue weighted by Crippen LogP contribution is -2.31. The monoisotopic (exact) mass is 242 g/mol. The van der Waals surface area contributed by atoms with E-state index in [-0.39, 0.29) is 0 Å². The molecule has 1 amide bonds. The predicted octanol–water partition coefficient (Wildman–Crippen LogP) is 2.17. The molecule has 0 aliphatic carbocycles. The Labute approximate surface area is 97.6 Å². The third kappa shape index (κ3) is 3.43. The van der Waals surface area contributed by atoms with Gasteiger partial charge in [-0.1, -0.05) is 53.5 Å².